The van der Waals surface area contributed by atoms with Gasteiger partial charge in [0.1, 0.15) is 0 Å². The molecule has 2 aromatic rings. The van der Waals surface area contributed by atoms with E-state index in [9.17, 15) is 13.2 Å². The van der Waals surface area contributed by atoms with Crippen LogP contribution >= 0.6 is 15.9 Å². The Morgan fingerprint density at radius 3 is 2.69 bits per heavy atom. The Labute approximate surface area is 161 Å². The molecule has 0 fully saturated rings. The molecule has 1 aliphatic heterocycles. The molecule has 2 amide bonds. The number of para-hydroxylation sites is 1. The number of carbonyl (C=O) groups excluding carboxylic acids is 1. The van der Waals surface area contributed by atoms with Crippen LogP contribution in [0.3, 0.4) is 0 Å². The molecule has 0 saturated heterocycles. The van der Waals surface area contributed by atoms with Crippen molar-refractivity contribution in [3.8, 4) is 0 Å². The quantitative estimate of drug-likeness (QED) is 0.735. The third-order valence-corrected chi connectivity index (χ3v) is 6.78. The lowest BCUT2D eigenvalue weighted by molar-refractivity contribution is 0.262. The molecule has 0 radical (unpaired) electrons. The number of nitrogens with zero attached hydrogens (tertiary/aromatic N) is 1. The number of amides is 2. The van der Waals surface area contributed by atoms with Gasteiger partial charge in [-0.15, -0.1) is 0 Å². The summed E-state index contributed by atoms with van der Waals surface area (Å²) >= 11 is 3.38. The molecule has 6 nitrogen and oxygen atoms in total. The minimum absolute atomic E-state index is 0.118. The number of hydrogen-bond acceptors (Lipinski definition) is 3. The molecule has 0 spiro atoms. The van der Waals surface area contributed by atoms with Crippen molar-refractivity contribution in [3.63, 3.8) is 0 Å². The first-order chi connectivity index (χ1) is 12.4. The van der Waals surface area contributed by atoms with Crippen LogP contribution in [0.5, 0.6) is 0 Å². The highest BCUT2D eigenvalue weighted by Gasteiger charge is 2.29. The van der Waals surface area contributed by atoms with Crippen LogP contribution in [0.15, 0.2) is 46.9 Å². The van der Waals surface area contributed by atoms with Gasteiger partial charge in [-0.3, -0.25) is 4.31 Å². The molecule has 1 heterocycles. The van der Waals surface area contributed by atoms with Crippen molar-refractivity contribution in [2.45, 2.75) is 19.8 Å². The first kappa shape index (κ1) is 18.7. The Hall–Kier alpha value is -2.06. The van der Waals surface area contributed by atoms with Crippen LogP contribution in [0, 0.1) is 0 Å². The van der Waals surface area contributed by atoms with Crippen molar-refractivity contribution in [3.05, 3.63) is 52.5 Å². The van der Waals surface area contributed by atoms with E-state index in [2.05, 4.69) is 26.6 Å². The minimum atomic E-state index is -3.32. The number of benzene rings is 2. The molecular weight excluding hydrogens is 418 g/mol. The number of urea groups is 1. The second-order valence-electron chi connectivity index (χ2n) is 6.04. The number of hydrogen-bond donors (Lipinski definition) is 2. The van der Waals surface area contributed by atoms with Crippen LogP contribution in [0.2, 0.25) is 0 Å². The summed E-state index contributed by atoms with van der Waals surface area (Å²) in [6, 6.07) is 12.3. The first-order valence-electron chi connectivity index (χ1n) is 8.36. The fourth-order valence-electron chi connectivity index (χ4n) is 2.93. The van der Waals surface area contributed by atoms with E-state index in [1.807, 2.05) is 31.2 Å². The van der Waals surface area contributed by atoms with E-state index in [1.165, 1.54) is 4.31 Å². The van der Waals surface area contributed by atoms with Gasteiger partial charge in [0.15, 0.2) is 0 Å². The largest absolute Gasteiger partial charge is 0.323 e. The van der Waals surface area contributed by atoms with Gasteiger partial charge in [0.05, 0.1) is 17.1 Å². The van der Waals surface area contributed by atoms with Crippen molar-refractivity contribution in [1.82, 2.24) is 0 Å². The topological polar surface area (TPSA) is 78.5 Å². The maximum atomic E-state index is 12.4. The Balaban J connectivity index is 1.77. The van der Waals surface area contributed by atoms with Gasteiger partial charge in [0.2, 0.25) is 10.0 Å². The summed E-state index contributed by atoms with van der Waals surface area (Å²) in [7, 11) is -3.32. The second-order valence-corrected chi connectivity index (χ2v) is 8.91. The predicted molar refractivity (Wildman–Crippen MR) is 108 cm³/mol. The predicted octanol–water partition coefficient (Wildman–Crippen LogP) is 4.20. The smallest absolute Gasteiger partial charge is 0.308 e. The lowest BCUT2D eigenvalue weighted by atomic mass is 10.1. The number of halogens is 1. The van der Waals surface area contributed by atoms with Crippen molar-refractivity contribution >= 4 is 49.0 Å². The summed E-state index contributed by atoms with van der Waals surface area (Å²) in [4.78, 5) is 12.2. The molecule has 0 saturated carbocycles. The van der Waals surface area contributed by atoms with Crippen LogP contribution in [-0.4, -0.2) is 26.7 Å². The van der Waals surface area contributed by atoms with Crippen LogP contribution in [0.1, 0.15) is 18.9 Å². The van der Waals surface area contributed by atoms with Crippen molar-refractivity contribution in [1.29, 1.82) is 0 Å². The molecular formula is C18H20BrN3O3S. The molecule has 0 atom stereocenters. The van der Waals surface area contributed by atoms with Gasteiger partial charge in [-0.25, -0.2) is 13.2 Å². The lowest BCUT2D eigenvalue weighted by Crippen LogP contribution is -2.31. The number of fused-ring (bicyclic) bond motifs is 1. The Bertz CT molecular complexity index is 931. The van der Waals surface area contributed by atoms with Gasteiger partial charge >= 0.3 is 6.03 Å². The van der Waals surface area contributed by atoms with Crippen molar-refractivity contribution in [2.75, 3.05) is 27.2 Å². The van der Waals surface area contributed by atoms with E-state index in [1.54, 1.807) is 18.2 Å². The maximum absolute atomic E-state index is 12.4. The van der Waals surface area contributed by atoms with E-state index in [0.29, 0.717) is 36.4 Å². The molecule has 0 bridgehead atoms. The molecule has 0 aromatic heterocycles. The van der Waals surface area contributed by atoms with Gasteiger partial charge < -0.3 is 10.6 Å². The number of carbonyl (C=O) groups is 1. The highest BCUT2D eigenvalue weighted by molar-refractivity contribution is 9.10. The van der Waals surface area contributed by atoms with Crippen LogP contribution in [0.25, 0.3) is 0 Å². The normalized spacial score (nSPS) is 13.4. The molecule has 26 heavy (non-hydrogen) atoms. The van der Waals surface area contributed by atoms with Gasteiger partial charge in [-0.05, 0) is 58.6 Å². The lowest BCUT2D eigenvalue weighted by Gasteiger charge is -2.20. The number of sulfonamides is 1. The number of nitrogens with one attached hydrogen (secondary N) is 2. The molecule has 8 heteroatoms. The van der Waals surface area contributed by atoms with Gasteiger partial charge in [-0.2, -0.15) is 0 Å². The fourth-order valence-corrected chi connectivity index (χ4v) is 4.89. The molecule has 1 aliphatic rings. The summed E-state index contributed by atoms with van der Waals surface area (Å²) in [5, 5.41) is 5.52. The van der Waals surface area contributed by atoms with E-state index in [0.717, 1.165) is 10.0 Å². The molecule has 138 valence electrons. The second kappa shape index (κ2) is 7.67. The first-order valence-corrected chi connectivity index (χ1v) is 10.8. The van der Waals surface area contributed by atoms with Crippen LogP contribution < -0.4 is 14.9 Å². The zero-order valence-corrected chi connectivity index (χ0v) is 16.7. The summed E-state index contributed by atoms with van der Waals surface area (Å²) in [6.07, 6.45) is 1.25. The van der Waals surface area contributed by atoms with E-state index < -0.39 is 16.1 Å². The molecule has 0 unspecified atom stereocenters. The van der Waals surface area contributed by atoms with Crippen LogP contribution in [-0.2, 0) is 16.4 Å². The summed E-state index contributed by atoms with van der Waals surface area (Å²) in [5.74, 6) is 0.118. The SMILES string of the molecule is CCCS(=O)(=O)N1CCc2ccc(NC(=O)Nc3ccccc3Br)cc21. The minimum Gasteiger partial charge on any atom is -0.308 e. The highest BCUT2D eigenvalue weighted by Crippen LogP contribution is 2.33. The van der Waals surface area contributed by atoms with Gasteiger partial charge in [0, 0.05) is 16.7 Å². The zero-order chi connectivity index (χ0) is 18.7. The van der Waals surface area contributed by atoms with E-state index in [4.69, 9.17) is 0 Å². The third-order valence-electron chi connectivity index (χ3n) is 4.12. The Morgan fingerprint density at radius 2 is 1.96 bits per heavy atom. The van der Waals surface area contributed by atoms with E-state index >= 15 is 0 Å². The number of anilines is 3. The summed E-state index contributed by atoms with van der Waals surface area (Å²) < 4.78 is 27.1. The zero-order valence-electron chi connectivity index (χ0n) is 14.3. The van der Waals surface area contributed by atoms with Gasteiger partial charge in [0.25, 0.3) is 0 Å². The summed E-state index contributed by atoms with van der Waals surface area (Å²) in [5.41, 5.74) is 2.82. The Morgan fingerprint density at radius 1 is 1.19 bits per heavy atom. The number of rotatable bonds is 5. The summed E-state index contributed by atoms with van der Waals surface area (Å²) in [6.45, 7) is 2.29. The van der Waals surface area contributed by atoms with Gasteiger partial charge in [-0.1, -0.05) is 25.1 Å². The average molecular weight is 438 g/mol. The highest BCUT2D eigenvalue weighted by atomic mass is 79.9. The molecule has 2 N–H and O–H groups in total. The third kappa shape index (κ3) is 4.02. The van der Waals surface area contributed by atoms with Crippen LogP contribution in [0.4, 0.5) is 21.9 Å². The van der Waals surface area contributed by atoms with E-state index in [-0.39, 0.29) is 5.75 Å². The standard InChI is InChI=1S/C18H20BrN3O3S/c1-2-11-26(24,25)22-10-9-13-7-8-14(12-17(13)22)20-18(23)21-16-6-4-3-5-15(16)19/h3-8,12H,2,9-11H2,1H3,(H2,20,21,23). The Kier molecular flexibility index (Phi) is 5.52. The molecule has 0 aliphatic carbocycles. The molecule has 3 rings (SSSR count). The fraction of sp³-hybridized carbons (Fsp3) is 0.278. The molecule has 2 aromatic carbocycles. The average Bonchev–Trinajstić information content (AvgIpc) is 3.01. The van der Waals surface area contributed by atoms with Crippen molar-refractivity contribution in [2.24, 2.45) is 0 Å². The maximum Gasteiger partial charge on any atom is 0.323 e. The monoisotopic (exact) mass is 437 g/mol. The van der Waals surface area contributed by atoms with Crippen molar-refractivity contribution < 1.29 is 13.2 Å².